The van der Waals surface area contributed by atoms with Gasteiger partial charge >= 0.3 is 12.2 Å². The normalized spacial score (nSPS) is 16.6. The number of nitrogens with zero attached hydrogens (tertiary/aromatic N) is 1. The Balaban J connectivity index is 1.54. The number of amides is 2. The van der Waals surface area contributed by atoms with Crippen LogP contribution in [0.3, 0.4) is 0 Å². The Hall–Kier alpha value is -3.42. The number of carbonyl (C=O) groups excluding carboxylic acids is 1. The van der Waals surface area contributed by atoms with E-state index in [-0.39, 0.29) is 13.1 Å². The molecule has 0 saturated carbocycles. The summed E-state index contributed by atoms with van der Waals surface area (Å²) in [5.41, 5.74) is 1.04. The fourth-order valence-corrected chi connectivity index (χ4v) is 4.99. The predicted octanol–water partition coefficient (Wildman–Crippen LogP) is 2.41. The summed E-state index contributed by atoms with van der Waals surface area (Å²) < 4.78 is 16.7. The summed E-state index contributed by atoms with van der Waals surface area (Å²) in [7, 11) is 0. The van der Waals surface area contributed by atoms with Gasteiger partial charge in [0.15, 0.2) is 0 Å². The lowest BCUT2D eigenvalue weighted by molar-refractivity contribution is 0.0358. The molecule has 3 rings (SSSR count). The Labute approximate surface area is 266 Å². The van der Waals surface area contributed by atoms with Crippen molar-refractivity contribution in [2.24, 2.45) is 0 Å². The highest BCUT2D eigenvalue weighted by molar-refractivity contribution is 5.68. The van der Waals surface area contributed by atoms with Gasteiger partial charge in [0.25, 0.3) is 0 Å². The molecule has 0 radical (unpaired) electrons. The van der Waals surface area contributed by atoms with Gasteiger partial charge in [0.05, 0.1) is 44.1 Å². The molecular weight excluding hydrogens is 580 g/mol. The number of alkyl carbamates (subject to hydrolysis) is 1. The monoisotopic (exact) mass is 630 g/mol. The molecule has 250 valence electrons. The second-order valence-corrected chi connectivity index (χ2v) is 12.3. The standard InChI is InChI=1S/C33H50N4O8/c1-33(2,3)45-32(42)36-28(21-25-10-12-26(13-11-25)44-17-7-14-37-15-18-43-19-16-37)30(39)23-34-22-29(38)27(35-31(40)41)20-24-8-5-4-6-9-24/h4-6,8-13,27-30,34-35,38-39H,7,14-23H2,1-3H3,(H,36,42)(H,40,41)/t27-,28-,29+,30?/m0/s1. The van der Waals surface area contributed by atoms with Gasteiger partial charge in [-0.2, -0.15) is 0 Å². The molecule has 1 unspecified atom stereocenters. The topological polar surface area (TPSA) is 162 Å². The van der Waals surface area contributed by atoms with Crippen LogP contribution in [0, 0.1) is 0 Å². The van der Waals surface area contributed by atoms with E-state index in [1.54, 1.807) is 20.8 Å². The van der Waals surface area contributed by atoms with Gasteiger partial charge in [-0.05, 0) is 63.3 Å². The fraction of sp³-hybridized carbons (Fsp3) is 0.576. The van der Waals surface area contributed by atoms with Crippen LogP contribution in [-0.4, -0.2) is 115 Å². The molecule has 1 saturated heterocycles. The summed E-state index contributed by atoms with van der Waals surface area (Å²) in [4.78, 5) is 26.3. The number of carbonyl (C=O) groups is 2. The van der Waals surface area contributed by atoms with Gasteiger partial charge in [-0.15, -0.1) is 0 Å². The Morgan fingerprint density at radius 2 is 1.47 bits per heavy atom. The van der Waals surface area contributed by atoms with E-state index in [4.69, 9.17) is 14.2 Å². The fourth-order valence-electron chi connectivity index (χ4n) is 4.99. The molecule has 2 aromatic rings. The minimum Gasteiger partial charge on any atom is -0.494 e. The molecule has 0 bridgehead atoms. The molecule has 12 heteroatoms. The summed E-state index contributed by atoms with van der Waals surface area (Å²) in [5, 5.41) is 39.3. The van der Waals surface area contributed by atoms with Crippen LogP contribution in [0.15, 0.2) is 54.6 Å². The Morgan fingerprint density at radius 1 is 0.889 bits per heavy atom. The van der Waals surface area contributed by atoms with Crippen LogP contribution in [0.5, 0.6) is 5.75 Å². The number of nitrogens with one attached hydrogen (secondary N) is 3. The average molecular weight is 631 g/mol. The van der Waals surface area contributed by atoms with Crippen molar-refractivity contribution in [3.63, 3.8) is 0 Å². The zero-order valence-electron chi connectivity index (χ0n) is 26.6. The first kappa shape index (κ1) is 36.1. The van der Waals surface area contributed by atoms with E-state index in [1.807, 2.05) is 54.6 Å². The third-order valence-corrected chi connectivity index (χ3v) is 7.32. The van der Waals surface area contributed by atoms with E-state index in [9.17, 15) is 24.9 Å². The molecule has 45 heavy (non-hydrogen) atoms. The first-order valence-corrected chi connectivity index (χ1v) is 15.6. The zero-order chi connectivity index (χ0) is 32.7. The van der Waals surface area contributed by atoms with Crippen LogP contribution < -0.4 is 20.7 Å². The highest BCUT2D eigenvalue weighted by Gasteiger charge is 2.26. The lowest BCUT2D eigenvalue weighted by Crippen LogP contribution is -2.52. The van der Waals surface area contributed by atoms with Gasteiger partial charge in [0.2, 0.25) is 0 Å². The van der Waals surface area contributed by atoms with Crippen molar-refractivity contribution in [2.75, 3.05) is 52.5 Å². The lowest BCUT2D eigenvalue weighted by Gasteiger charge is -2.28. The summed E-state index contributed by atoms with van der Waals surface area (Å²) in [5.74, 6) is 0.744. The SMILES string of the molecule is CC(C)(C)OC(=O)N[C@@H](Cc1ccc(OCCCN2CCOCC2)cc1)C(O)CNC[C@@H](O)[C@H](Cc1ccccc1)NC(=O)O. The number of hydrogen-bond donors (Lipinski definition) is 6. The third kappa shape index (κ3) is 14.5. The second-order valence-electron chi connectivity index (χ2n) is 12.3. The predicted molar refractivity (Wildman–Crippen MR) is 171 cm³/mol. The summed E-state index contributed by atoms with van der Waals surface area (Å²) >= 11 is 0. The maximum absolute atomic E-state index is 12.6. The quantitative estimate of drug-likeness (QED) is 0.143. The minimum absolute atomic E-state index is 0.0194. The Kier molecular flexibility index (Phi) is 14.8. The second kappa shape index (κ2) is 18.5. The molecule has 2 amide bonds. The molecule has 2 aromatic carbocycles. The van der Waals surface area contributed by atoms with E-state index in [0.717, 1.165) is 56.1 Å². The molecule has 6 N–H and O–H groups in total. The van der Waals surface area contributed by atoms with Crippen LogP contribution in [0.25, 0.3) is 0 Å². The van der Waals surface area contributed by atoms with E-state index < -0.39 is 42.1 Å². The van der Waals surface area contributed by atoms with Crippen LogP contribution in [0.1, 0.15) is 38.3 Å². The van der Waals surface area contributed by atoms with Gasteiger partial charge in [-0.1, -0.05) is 42.5 Å². The number of morpholine rings is 1. The number of rotatable bonds is 17. The van der Waals surface area contributed by atoms with Crippen molar-refractivity contribution in [2.45, 2.75) is 69.9 Å². The van der Waals surface area contributed by atoms with Crippen molar-refractivity contribution >= 4 is 12.2 Å². The smallest absolute Gasteiger partial charge is 0.407 e. The van der Waals surface area contributed by atoms with Crippen molar-refractivity contribution in [3.8, 4) is 5.75 Å². The minimum atomic E-state index is -1.24. The number of aliphatic hydroxyl groups excluding tert-OH is 2. The molecule has 1 aliphatic heterocycles. The van der Waals surface area contributed by atoms with Gasteiger partial charge in [0, 0.05) is 32.7 Å². The van der Waals surface area contributed by atoms with E-state index >= 15 is 0 Å². The Morgan fingerprint density at radius 3 is 2.04 bits per heavy atom. The molecule has 1 heterocycles. The molecule has 0 aliphatic carbocycles. The van der Waals surface area contributed by atoms with Crippen LogP contribution in [-0.2, 0) is 22.3 Å². The number of carboxylic acid groups (broad SMARTS) is 1. The van der Waals surface area contributed by atoms with Crippen LogP contribution in [0.4, 0.5) is 9.59 Å². The van der Waals surface area contributed by atoms with Gasteiger partial charge in [0.1, 0.15) is 11.4 Å². The summed E-state index contributed by atoms with van der Waals surface area (Å²) in [6.45, 7) is 10.4. The average Bonchev–Trinajstić information content (AvgIpc) is 2.99. The zero-order valence-corrected chi connectivity index (χ0v) is 26.6. The van der Waals surface area contributed by atoms with Crippen molar-refractivity contribution < 1.29 is 39.1 Å². The molecule has 0 spiro atoms. The molecule has 1 aliphatic rings. The number of benzene rings is 2. The highest BCUT2D eigenvalue weighted by atomic mass is 16.6. The summed E-state index contributed by atoms with van der Waals surface area (Å²) in [6, 6.07) is 15.4. The molecular formula is C33H50N4O8. The van der Waals surface area contributed by atoms with E-state index in [0.29, 0.717) is 19.4 Å². The van der Waals surface area contributed by atoms with Crippen LogP contribution >= 0.6 is 0 Å². The number of ether oxygens (including phenoxy) is 3. The molecule has 12 nitrogen and oxygen atoms in total. The first-order valence-electron chi connectivity index (χ1n) is 15.6. The van der Waals surface area contributed by atoms with Crippen molar-refractivity contribution in [1.82, 2.24) is 20.9 Å². The molecule has 1 fully saturated rings. The summed E-state index contributed by atoms with van der Waals surface area (Å²) in [6.07, 6.45) is -2.46. The molecule has 0 aromatic heterocycles. The van der Waals surface area contributed by atoms with Gasteiger partial charge < -0.3 is 45.5 Å². The van der Waals surface area contributed by atoms with E-state index in [1.165, 1.54) is 0 Å². The third-order valence-electron chi connectivity index (χ3n) is 7.32. The van der Waals surface area contributed by atoms with Gasteiger partial charge in [-0.25, -0.2) is 9.59 Å². The lowest BCUT2D eigenvalue weighted by atomic mass is 10.00. The van der Waals surface area contributed by atoms with Crippen molar-refractivity contribution in [1.29, 1.82) is 0 Å². The first-order chi connectivity index (χ1) is 21.5. The van der Waals surface area contributed by atoms with Gasteiger partial charge in [-0.3, -0.25) is 4.90 Å². The van der Waals surface area contributed by atoms with Crippen LogP contribution in [0.2, 0.25) is 0 Å². The van der Waals surface area contributed by atoms with Crippen molar-refractivity contribution in [3.05, 3.63) is 65.7 Å². The number of hydrogen-bond acceptors (Lipinski definition) is 9. The highest BCUT2D eigenvalue weighted by Crippen LogP contribution is 2.16. The largest absolute Gasteiger partial charge is 0.494 e. The van der Waals surface area contributed by atoms with E-state index in [2.05, 4.69) is 20.9 Å². The number of aliphatic hydroxyl groups is 2. The maximum Gasteiger partial charge on any atom is 0.407 e. The maximum atomic E-state index is 12.6. The Bertz CT molecular complexity index is 1140. The molecule has 4 atom stereocenters.